The summed E-state index contributed by atoms with van der Waals surface area (Å²) >= 11 is 7.37. The highest BCUT2D eigenvalue weighted by Crippen LogP contribution is 2.42. The maximum Gasteiger partial charge on any atom is 0.340 e. The molecule has 1 saturated carbocycles. The Bertz CT molecular complexity index is 1120. The molecule has 172 valence electrons. The second kappa shape index (κ2) is 10.9. The van der Waals surface area contributed by atoms with E-state index in [4.69, 9.17) is 30.8 Å². The standard InChI is InChI=1S/C25H24ClNO5S/c1-30-12-13-31-15-32-14-21(25(28)29)23-22(18-8-10-20(26)11-9-18)27-24(33-23)19-6-4-17(5-7-19)16-2-3-16/h4-11,14,16H,2-3,12-13,15H2,1H3,(H,28,29). The normalized spacial score (nSPS) is 13.8. The third-order valence-corrected chi connectivity index (χ3v) is 6.60. The number of nitrogens with zero attached hydrogens (tertiary/aromatic N) is 1. The van der Waals surface area contributed by atoms with Gasteiger partial charge in [-0.25, -0.2) is 9.78 Å². The molecule has 1 N–H and O–H groups in total. The summed E-state index contributed by atoms with van der Waals surface area (Å²) in [5.41, 5.74) is 3.62. The average molecular weight is 486 g/mol. The SMILES string of the molecule is COCCOCOC=C(C(=O)O)c1sc(-c2ccc(C3CC3)cc2)nc1-c1ccc(Cl)cc1. The number of hydrogen-bond donors (Lipinski definition) is 1. The number of halogens is 1. The van der Waals surface area contributed by atoms with Gasteiger partial charge in [-0.1, -0.05) is 48.0 Å². The van der Waals surface area contributed by atoms with E-state index in [1.54, 1.807) is 19.2 Å². The van der Waals surface area contributed by atoms with Gasteiger partial charge in [-0.05, 0) is 36.5 Å². The summed E-state index contributed by atoms with van der Waals surface area (Å²) in [5, 5.41) is 11.2. The molecule has 0 bridgehead atoms. The van der Waals surface area contributed by atoms with Gasteiger partial charge in [0.25, 0.3) is 0 Å². The predicted octanol–water partition coefficient (Wildman–Crippen LogP) is 6.07. The molecule has 1 aliphatic rings. The molecule has 0 atom stereocenters. The van der Waals surface area contributed by atoms with Crippen LogP contribution < -0.4 is 0 Å². The molecule has 0 unspecified atom stereocenters. The Balaban J connectivity index is 1.67. The first kappa shape index (κ1) is 23.4. The van der Waals surface area contributed by atoms with Crippen molar-refractivity contribution in [2.45, 2.75) is 18.8 Å². The van der Waals surface area contributed by atoms with E-state index in [-0.39, 0.29) is 12.4 Å². The zero-order chi connectivity index (χ0) is 23.2. The molecule has 33 heavy (non-hydrogen) atoms. The minimum absolute atomic E-state index is 0.00800. The molecule has 2 aromatic carbocycles. The summed E-state index contributed by atoms with van der Waals surface area (Å²) in [7, 11) is 1.58. The van der Waals surface area contributed by atoms with Gasteiger partial charge >= 0.3 is 5.97 Å². The number of ether oxygens (including phenoxy) is 3. The monoisotopic (exact) mass is 485 g/mol. The number of aliphatic carboxylic acids is 1. The van der Waals surface area contributed by atoms with E-state index in [1.165, 1.54) is 36.0 Å². The smallest absolute Gasteiger partial charge is 0.340 e. The van der Waals surface area contributed by atoms with Gasteiger partial charge < -0.3 is 19.3 Å². The van der Waals surface area contributed by atoms with Gasteiger partial charge in [-0.15, -0.1) is 11.3 Å². The maximum atomic E-state index is 12.1. The van der Waals surface area contributed by atoms with Gasteiger partial charge in [0.15, 0.2) is 6.79 Å². The lowest BCUT2D eigenvalue weighted by atomic mass is 10.1. The summed E-state index contributed by atoms with van der Waals surface area (Å²) in [6.45, 7) is 0.701. The molecule has 1 fully saturated rings. The number of carboxylic acids is 1. The first-order valence-electron chi connectivity index (χ1n) is 10.6. The fourth-order valence-corrected chi connectivity index (χ4v) is 4.53. The zero-order valence-electron chi connectivity index (χ0n) is 18.1. The summed E-state index contributed by atoms with van der Waals surface area (Å²) in [6, 6.07) is 15.5. The maximum absolute atomic E-state index is 12.1. The Morgan fingerprint density at radius 2 is 1.82 bits per heavy atom. The van der Waals surface area contributed by atoms with Crippen LogP contribution in [-0.2, 0) is 19.0 Å². The molecule has 6 nitrogen and oxygen atoms in total. The van der Waals surface area contributed by atoms with Crippen molar-refractivity contribution in [2.75, 3.05) is 27.1 Å². The van der Waals surface area contributed by atoms with E-state index in [2.05, 4.69) is 12.1 Å². The lowest BCUT2D eigenvalue weighted by molar-refractivity contribution is -0.130. The van der Waals surface area contributed by atoms with E-state index >= 15 is 0 Å². The number of carboxylic acid groups (broad SMARTS) is 1. The van der Waals surface area contributed by atoms with Crippen LogP contribution in [0.1, 0.15) is 29.2 Å². The fraction of sp³-hybridized carbons (Fsp3) is 0.280. The summed E-state index contributed by atoms with van der Waals surface area (Å²) in [6.07, 6.45) is 3.69. The molecule has 0 amide bonds. The topological polar surface area (TPSA) is 77.9 Å². The Labute approximate surface area is 201 Å². The van der Waals surface area contributed by atoms with Crippen molar-refractivity contribution in [2.24, 2.45) is 0 Å². The Hall–Kier alpha value is -2.71. The molecule has 8 heteroatoms. The lowest BCUT2D eigenvalue weighted by Gasteiger charge is -2.06. The van der Waals surface area contributed by atoms with Gasteiger partial charge in [0, 0.05) is 23.3 Å². The minimum atomic E-state index is -1.11. The third-order valence-electron chi connectivity index (χ3n) is 5.21. The van der Waals surface area contributed by atoms with Crippen molar-refractivity contribution in [3.8, 4) is 21.8 Å². The largest absolute Gasteiger partial charge is 0.478 e. The molecule has 0 saturated heterocycles. The van der Waals surface area contributed by atoms with Crippen molar-refractivity contribution in [1.82, 2.24) is 4.98 Å². The first-order chi connectivity index (χ1) is 16.1. The van der Waals surface area contributed by atoms with Crippen LogP contribution in [-0.4, -0.2) is 43.2 Å². The highest BCUT2D eigenvalue weighted by atomic mass is 35.5. The molecule has 0 spiro atoms. The highest BCUT2D eigenvalue weighted by Gasteiger charge is 2.25. The summed E-state index contributed by atoms with van der Waals surface area (Å²) in [5.74, 6) is -0.443. The van der Waals surface area contributed by atoms with Crippen LogP contribution in [0, 0.1) is 0 Å². The van der Waals surface area contributed by atoms with Gasteiger partial charge in [-0.2, -0.15) is 0 Å². The van der Waals surface area contributed by atoms with E-state index in [0.717, 1.165) is 16.1 Å². The number of thiazole rings is 1. The Kier molecular flexibility index (Phi) is 7.77. The van der Waals surface area contributed by atoms with Gasteiger partial charge in [0.2, 0.25) is 0 Å². The van der Waals surface area contributed by atoms with Crippen molar-refractivity contribution in [3.05, 3.63) is 70.3 Å². The molecular weight excluding hydrogens is 462 g/mol. The van der Waals surface area contributed by atoms with Crippen molar-refractivity contribution >= 4 is 34.5 Å². The molecular formula is C25H24ClNO5S. The van der Waals surface area contributed by atoms with E-state index < -0.39 is 5.97 Å². The van der Waals surface area contributed by atoms with Crippen molar-refractivity contribution < 1.29 is 24.1 Å². The number of methoxy groups -OCH3 is 1. The Morgan fingerprint density at radius 3 is 2.45 bits per heavy atom. The van der Waals surface area contributed by atoms with Crippen LogP contribution in [0.15, 0.2) is 54.8 Å². The lowest BCUT2D eigenvalue weighted by Crippen LogP contribution is -2.05. The van der Waals surface area contributed by atoms with Crippen LogP contribution in [0.2, 0.25) is 5.02 Å². The molecule has 1 aromatic heterocycles. The van der Waals surface area contributed by atoms with Gasteiger partial charge in [-0.3, -0.25) is 0 Å². The molecule has 1 heterocycles. The number of aromatic nitrogens is 1. The van der Waals surface area contributed by atoms with Crippen LogP contribution in [0.4, 0.5) is 0 Å². The zero-order valence-corrected chi connectivity index (χ0v) is 19.7. The number of rotatable bonds is 11. The number of carbonyl (C=O) groups is 1. The van der Waals surface area contributed by atoms with Gasteiger partial charge in [0.05, 0.1) is 23.8 Å². The second-order valence-electron chi connectivity index (χ2n) is 7.62. The van der Waals surface area contributed by atoms with Crippen LogP contribution in [0.5, 0.6) is 0 Å². The second-order valence-corrected chi connectivity index (χ2v) is 9.06. The van der Waals surface area contributed by atoms with E-state index in [9.17, 15) is 9.90 Å². The minimum Gasteiger partial charge on any atom is -0.478 e. The third kappa shape index (κ3) is 6.00. The first-order valence-corrected chi connectivity index (χ1v) is 11.8. The summed E-state index contributed by atoms with van der Waals surface area (Å²) < 4.78 is 15.5. The highest BCUT2D eigenvalue weighted by molar-refractivity contribution is 7.17. The average Bonchev–Trinajstić information content (AvgIpc) is 3.58. The van der Waals surface area contributed by atoms with E-state index in [1.807, 2.05) is 24.3 Å². The van der Waals surface area contributed by atoms with Gasteiger partial charge in [0.1, 0.15) is 16.8 Å². The molecule has 1 aliphatic carbocycles. The number of hydrogen-bond acceptors (Lipinski definition) is 6. The van der Waals surface area contributed by atoms with Crippen molar-refractivity contribution in [1.29, 1.82) is 0 Å². The van der Waals surface area contributed by atoms with Crippen LogP contribution >= 0.6 is 22.9 Å². The van der Waals surface area contributed by atoms with Crippen LogP contribution in [0.3, 0.4) is 0 Å². The summed E-state index contributed by atoms with van der Waals surface area (Å²) in [4.78, 5) is 17.4. The quantitative estimate of drug-likeness (QED) is 0.154. The molecule has 3 aromatic rings. The van der Waals surface area contributed by atoms with Crippen LogP contribution in [0.25, 0.3) is 27.4 Å². The Morgan fingerprint density at radius 1 is 1.12 bits per heavy atom. The number of benzene rings is 2. The van der Waals surface area contributed by atoms with E-state index in [0.29, 0.717) is 34.7 Å². The fourth-order valence-electron chi connectivity index (χ4n) is 3.31. The molecule has 0 aliphatic heterocycles. The molecule has 4 rings (SSSR count). The predicted molar refractivity (Wildman–Crippen MR) is 129 cm³/mol. The van der Waals surface area contributed by atoms with Crippen molar-refractivity contribution in [3.63, 3.8) is 0 Å². The molecule has 0 radical (unpaired) electrons.